The van der Waals surface area contributed by atoms with E-state index in [1.165, 1.54) is 11.1 Å². The third kappa shape index (κ3) is 5.56. The smallest absolute Gasteiger partial charge is 0.321 e. The van der Waals surface area contributed by atoms with Gasteiger partial charge in [-0.2, -0.15) is 11.8 Å². The highest BCUT2D eigenvalue weighted by Gasteiger charge is 2.15. The molecule has 0 aromatic heterocycles. The average molecular weight is 267 g/mol. The molecule has 0 spiro atoms. The van der Waals surface area contributed by atoms with Crippen LogP contribution in [0.1, 0.15) is 24.5 Å². The van der Waals surface area contributed by atoms with Crippen molar-refractivity contribution in [3.05, 3.63) is 35.4 Å². The zero-order valence-electron chi connectivity index (χ0n) is 11.0. The Morgan fingerprint density at radius 3 is 2.89 bits per heavy atom. The summed E-state index contributed by atoms with van der Waals surface area (Å²) in [5.74, 6) is 0.697. The molecule has 3 nitrogen and oxygen atoms in total. The molecule has 0 radical (unpaired) electrons. The Morgan fingerprint density at radius 2 is 2.28 bits per heavy atom. The van der Waals surface area contributed by atoms with Crippen molar-refractivity contribution in [2.75, 3.05) is 12.3 Å². The lowest BCUT2D eigenvalue weighted by atomic mass is 10.2. The molecular weight excluding hydrogens is 246 g/mol. The molecule has 0 fully saturated rings. The first-order chi connectivity index (χ1) is 8.63. The number of hydrogen-bond acceptors (Lipinski definition) is 3. The maximum absolute atomic E-state index is 11.0. The average Bonchev–Trinajstić information content (AvgIpc) is 2.33. The van der Waals surface area contributed by atoms with Gasteiger partial charge in [-0.3, -0.25) is 4.79 Å². The van der Waals surface area contributed by atoms with E-state index in [1.54, 1.807) is 11.8 Å². The van der Waals surface area contributed by atoms with Gasteiger partial charge in [0.2, 0.25) is 0 Å². The second-order valence-corrected chi connectivity index (χ2v) is 5.38. The predicted octanol–water partition coefficient (Wildman–Crippen LogP) is 2.68. The molecule has 1 unspecified atom stereocenters. The molecule has 0 aliphatic heterocycles. The Balaban J connectivity index is 2.36. The molecule has 0 heterocycles. The van der Waals surface area contributed by atoms with E-state index in [0.717, 1.165) is 18.7 Å². The molecule has 0 saturated heterocycles. The molecule has 0 saturated carbocycles. The quantitative estimate of drug-likeness (QED) is 0.760. The number of aliphatic carboxylic acids is 1. The number of rotatable bonds is 8. The summed E-state index contributed by atoms with van der Waals surface area (Å²) in [5.41, 5.74) is 2.49. The fourth-order valence-corrected chi connectivity index (χ4v) is 2.66. The zero-order chi connectivity index (χ0) is 13.4. The molecule has 1 aromatic carbocycles. The van der Waals surface area contributed by atoms with Crippen LogP contribution in [0.15, 0.2) is 24.3 Å². The SMILES string of the molecule is CCCNC(CSCc1cccc(C)c1)C(=O)O. The molecule has 18 heavy (non-hydrogen) atoms. The van der Waals surface area contributed by atoms with E-state index in [0.29, 0.717) is 5.75 Å². The summed E-state index contributed by atoms with van der Waals surface area (Å²) in [6.07, 6.45) is 0.951. The number of aryl methyl sites for hydroxylation is 1. The van der Waals surface area contributed by atoms with E-state index in [-0.39, 0.29) is 0 Å². The maximum atomic E-state index is 11.0. The normalized spacial score (nSPS) is 12.3. The zero-order valence-corrected chi connectivity index (χ0v) is 11.8. The summed E-state index contributed by atoms with van der Waals surface area (Å²) in [7, 11) is 0. The molecule has 2 N–H and O–H groups in total. The summed E-state index contributed by atoms with van der Waals surface area (Å²) in [6.45, 7) is 4.85. The standard InChI is InChI=1S/C14H21NO2S/c1-3-7-15-13(14(16)17)10-18-9-12-6-4-5-11(2)8-12/h4-6,8,13,15H,3,7,9-10H2,1-2H3,(H,16,17). The summed E-state index contributed by atoms with van der Waals surface area (Å²) >= 11 is 1.66. The predicted molar refractivity (Wildman–Crippen MR) is 77.1 cm³/mol. The maximum Gasteiger partial charge on any atom is 0.321 e. The molecule has 1 aromatic rings. The summed E-state index contributed by atoms with van der Waals surface area (Å²) in [4.78, 5) is 11.0. The Labute approximate surface area is 113 Å². The third-order valence-corrected chi connectivity index (χ3v) is 3.68. The highest BCUT2D eigenvalue weighted by Crippen LogP contribution is 2.14. The molecular formula is C14H21NO2S. The van der Waals surface area contributed by atoms with E-state index < -0.39 is 12.0 Å². The van der Waals surface area contributed by atoms with Crippen LogP contribution in [0.4, 0.5) is 0 Å². The van der Waals surface area contributed by atoms with E-state index in [9.17, 15) is 4.79 Å². The number of carboxylic acids is 1. The number of nitrogens with one attached hydrogen (secondary N) is 1. The summed E-state index contributed by atoms with van der Waals surface area (Å²) in [6, 6.07) is 7.88. The van der Waals surface area contributed by atoms with Gasteiger partial charge in [-0.1, -0.05) is 36.8 Å². The summed E-state index contributed by atoms with van der Waals surface area (Å²) < 4.78 is 0. The molecule has 0 amide bonds. The van der Waals surface area contributed by atoms with Gasteiger partial charge in [-0.05, 0) is 25.5 Å². The highest BCUT2D eigenvalue weighted by atomic mass is 32.2. The van der Waals surface area contributed by atoms with E-state index in [4.69, 9.17) is 5.11 Å². The Kier molecular flexibility index (Phi) is 6.83. The lowest BCUT2D eigenvalue weighted by Gasteiger charge is -2.13. The first kappa shape index (κ1) is 15.1. The van der Waals surface area contributed by atoms with Crippen molar-refractivity contribution in [1.82, 2.24) is 5.32 Å². The van der Waals surface area contributed by atoms with Gasteiger partial charge in [0, 0.05) is 11.5 Å². The number of carbonyl (C=O) groups is 1. The topological polar surface area (TPSA) is 49.3 Å². The van der Waals surface area contributed by atoms with Gasteiger partial charge in [0.1, 0.15) is 6.04 Å². The third-order valence-electron chi connectivity index (χ3n) is 2.57. The van der Waals surface area contributed by atoms with Crippen molar-refractivity contribution in [3.8, 4) is 0 Å². The van der Waals surface area contributed by atoms with Crippen molar-refractivity contribution < 1.29 is 9.90 Å². The van der Waals surface area contributed by atoms with Crippen LogP contribution in [-0.2, 0) is 10.5 Å². The fourth-order valence-electron chi connectivity index (χ4n) is 1.63. The van der Waals surface area contributed by atoms with Gasteiger partial charge in [-0.15, -0.1) is 0 Å². The Bertz CT molecular complexity index is 382. The van der Waals surface area contributed by atoms with Gasteiger partial charge in [0.25, 0.3) is 0 Å². The second kappa shape index (κ2) is 8.16. The number of hydrogen-bond donors (Lipinski definition) is 2. The number of benzene rings is 1. The van der Waals surface area contributed by atoms with Crippen LogP contribution < -0.4 is 5.32 Å². The largest absolute Gasteiger partial charge is 0.480 e. The van der Waals surface area contributed by atoms with Crippen LogP contribution in [0.2, 0.25) is 0 Å². The number of thioether (sulfide) groups is 1. The van der Waals surface area contributed by atoms with Gasteiger partial charge < -0.3 is 10.4 Å². The van der Waals surface area contributed by atoms with Crippen LogP contribution >= 0.6 is 11.8 Å². The fraction of sp³-hybridized carbons (Fsp3) is 0.500. The second-order valence-electron chi connectivity index (χ2n) is 4.35. The minimum Gasteiger partial charge on any atom is -0.480 e. The molecule has 100 valence electrons. The number of carboxylic acid groups (broad SMARTS) is 1. The monoisotopic (exact) mass is 267 g/mol. The first-order valence-electron chi connectivity index (χ1n) is 6.23. The van der Waals surface area contributed by atoms with Crippen molar-refractivity contribution in [3.63, 3.8) is 0 Å². The van der Waals surface area contributed by atoms with Crippen molar-refractivity contribution in [2.45, 2.75) is 32.1 Å². The highest BCUT2D eigenvalue weighted by molar-refractivity contribution is 7.98. The lowest BCUT2D eigenvalue weighted by molar-refractivity contribution is -0.138. The first-order valence-corrected chi connectivity index (χ1v) is 7.38. The van der Waals surface area contributed by atoms with Crippen molar-refractivity contribution in [2.24, 2.45) is 0 Å². The van der Waals surface area contributed by atoms with Crippen LogP contribution in [0.3, 0.4) is 0 Å². The van der Waals surface area contributed by atoms with Gasteiger partial charge in [-0.25, -0.2) is 0 Å². The van der Waals surface area contributed by atoms with Gasteiger partial charge >= 0.3 is 5.97 Å². The van der Waals surface area contributed by atoms with Gasteiger partial charge in [0.15, 0.2) is 0 Å². The van der Waals surface area contributed by atoms with Crippen LogP contribution in [0.5, 0.6) is 0 Å². The molecule has 0 aliphatic carbocycles. The molecule has 1 rings (SSSR count). The van der Waals surface area contributed by atoms with Gasteiger partial charge in [0.05, 0.1) is 0 Å². The Morgan fingerprint density at radius 1 is 1.50 bits per heavy atom. The minimum atomic E-state index is -0.764. The van der Waals surface area contributed by atoms with Crippen LogP contribution in [-0.4, -0.2) is 29.4 Å². The lowest BCUT2D eigenvalue weighted by Crippen LogP contribution is -2.39. The van der Waals surface area contributed by atoms with E-state index in [1.807, 2.05) is 13.0 Å². The molecule has 1 atom stereocenters. The molecule has 4 heteroatoms. The van der Waals surface area contributed by atoms with E-state index >= 15 is 0 Å². The van der Waals surface area contributed by atoms with E-state index in [2.05, 4.69) is 30.4 Å². The Hall–Kier alpha value is -1.00. The van der Waals surface area contributed by atoms with Crippen LogP contribution in [0.25, 0.3) is 0 Å². The van der Waals surface area contributed by atoms with Crippen molar-refractivity contribution in [1.29, 1.82) is 0 Å². The van der Waals surface area contributed by atoms with Crippen LogP contribution in [0, 0.1) is 6.92 Å². The van der Waals surface area contributed by atoms with Crippen molar-refractivity contribution >= 4 is 17.7 Å². The molecule has 0 bridgehead atoms. The minimum absolute atomic E-state index is 0.445. The summed E-state index contributed by atoms with van der Waals surface area (Å²) in [5, 5.41) is 12.1. The molecule has 0 aliphatic rings.